The quantitative estimate of drug-likeness (QED) is 0.659. The lowest BCUT2D eigenvalue weighted by atomic mass is 9.84. The summed E-state index contributed by atoms with van der Waals surface area (Å²) in [5.74, 6) is -0.0717. The van der Waals surface area contributed by atoms with Crippen LogP contribution in [0.1, 0.15) is 67.7 Å². The number of amides is 2. The van der Waals surface area contributed by atoms with Crippen LogP contribution in [0.2, 0.25) is 0 Å². The molecule has 1 fully saturated rings. The molecule has 1 heterocycles. The number of Topliss-reactive ketones (excluding diaryl/α,β-unsaturated/α-hetero) is 1. The van der Waals surface area contributed by atoms with Crippen molar-refractivity contribution in [2.45, 2.75) is 85.9 Å². The van der Waals surface area contributed by atoms with Gasteiger partial charge in [0.05, 0.1) is 12.1 Å². The summed E-state index contributed by atoms with van der Waals surface area (Å²) in [5, 5.41) is 3.05. The lowest BCUT2D eigenvalue weighted by Gasteiger charge is -2.39. The van der Waals surface area contributed by atoms with E-state index >= 15 is 0 Å². The minimum atomic E-state index is -0.636. The molecule has 0 aromatic carbocycles. The van der Waals surface area contributed by atoms with Crippen molar-refractivity contribution in [2.75, 3.05) is 20.6 Å². The van der Waals surface area contributed by atoms with Crippen LogP contribution in [0.25, 0.3) is 0 Å². The van der Waals surface area contributed by atoms with Gasteiger partial charge in [0, 0.05) is 7.05 Å². The molecule has 1 rings (SSSR count). The summed E-state index contributed by atoms with van der Waals surface area (Å²) in [6, 6.07) is -1.04. The first-order valence-corrected chi connectivity index (χ1v) is 10.7. The molecule has 0 radical (unpaired) electrons. The number of rotatable bonds is 7. The monoisotopic (exact) mass is 407 g/mol. The Hall–Kier alpha value is -1.69. The first kappa shape index (κ1) is 25.3. The largest absolute Gasteiger partial charge is 0.342 e. The molecule has 29 heavy (non-hydrogen) atoms. The van der Waals surface area contributed by atoms with Crippen LogP contribution in [-0.2, 0) is 14.4 Å². The molecular formula is C23H41N3O3. The van der Waals surface area contributed by atoms with E-state index in [0.717, 1.165) is 25.8 Å². The van der Waals surface area contributed by atoms with Gasteiger partial charge in [-0.25, -0.2) is 0 Å². The summed E-state index contributed by atoms with van der Waals surface area (Å²) in [5.41, 5.74) is 0.207. The van der Waals surface area contributed by atoms with E-state index in [-0.39, 0.29) is 35.6 Å². The van der Waals surface area contributed by atoms with Gasteiger partial charge in [-0.15, -0.1) is 0 Å². The number of hydrogen-bond donors (Lipinski definition) is 1. The highest BCUT2D eigenvalue weighted by atomic mass is 16.2. The SMILES string of the molecule is CC(=O)/C(C)=C/[C@H](C(C)C)N(C)C(=O)[C@@H](NC(=O)C1CCCCN1C)C(C)(C)C. The summed E-state index contributed by atoms with van der Waals surface area (Å²) >= 11 is 0. The second-order valence-electron chi connectivity index (χ2n) is 9.89. The van der Waals surface area contributed by atoms with Crippen molar-refractivity contribution in [1.29, 1.82) is 0 Å². The maximum absolute atomic E-state index is 13.5. The molecule has 6 nitrogen and oxygen atoms in total. The molecule has 1 aliphatic heterocycles. The Balaban J connectivity index is 3.10. The summed E-state index contributed by atoms with van der Waals surface area (Å²) < 4.78 is 0. The highest BCUT2D eigenvalue weighted by Gasteiger charge is 2.38. The molecule has 0 spiro atoms. The Morgan fingerprint density at radius 1 is 1.14 bits per heavy atom. The zero-order valence-corrected chi connectivity index (χ0v) is 19.8. The molecule has 1 aliphatic rings. The van der Waals surface area contributed by atoms with E-state index in [1.165, 1.54) is 6.92 Å². The number of ketones is 1. The summed E-state index contributed by atoms with van der Waals surface area (Å²) in [4.78, 5) is 41.9. The molecule has 1 unspecified atom stereocenters. The van der Waals surface area contributed by atoms with Crippen LogP contribution in [0.3, 0.4) is 0 Å². The minimum Gasteiger partial charge on any atom is -0.342 e. The lowest BCUT2D eigenvalue weighted by Crippen LogP contribution is -2.59. The number of hydrogen-bond acceptors (Lipinski definition) is 4. The Morgan fingerprint density at radius 3 is 2.17 bits per heavy atom. The van der Waals surface area contributed by atoms with Crippen LogP contribution in [0, 0.1) is 11.3 Å². The van der Waals surface area contributed by atoms with Crippen molar-refractivity contribution in [1.82, 2.24) is 15.1 Å². The highest BCUT2D eigenvalue weighted by Crippen LogP contribution is 2.25. The topological polar surface area (TPSA) is 69.7 Å². The lowest BCUT2D eigenvalue weighted by molar-refractivity contribution is -0.141. The summed E-state index contributed by atoms with van der Waals surface area (Å²) in [6.45, 7) is 14.2. The van der Waals surface area contributed by atoms with Crippen LogP contribution in [-0.4, -0.2) is 66.2 Å². The summed E-state index contributed by atoms with van der Waals surface area (Å²) in [7, 11) is 3.72. The van der Waals surface area contributed by atoms with Gasteiger partial charge in [0.1, 0.15) is 6.04 Å². The smallest absolute Gasteiger partial charge is 0.245 e. The van der Waals surface area contributed by atoms with Crippen molar-refractivity contribution in [2.24, 2.45) is 11.3 Å². The van der Waals surface area contributed by atoms with E-state index in [9.17, 15) is 14.4 Å². The number of carbonyl (C=O) groups excluding carboxylic acids is 3. The van der Waals surface area contributed by atoms with E-state index in [1.54, 1.807) is 18.9 Å². The Kier molecular flexibility index (Phi) is 9.07. The molecule has 6 heteroatoms. The van der Waals surface area contributed by atoms with Crippen molar-refractivity contribution < 1.29 is 14.4 Å². The number of likely N-dealkylation sites (tertiary alicyclic amines) is 1. The third-order valence-electron chi connectivity index (χ3n) is 5.93. The molecule has 0 aliphatic carbocycles. The number of likely N-dealkylation sites (N-methyl/N-ethyl adjacent to an activating group) is 2. The van der Waals surface area contributed by atoms with Crippen molar-refractivity contribution in [3.8, 4) is 0 Å². The molecule has 0 aromatic heterocycles. The maximum atomic E-state index is 13.5. The van der Waals surface area contributed by atoms with Gasteiger partial charge in [-0.2, -0.15) is 0 Å². The Labute approximate surface area is 177 Å². The van der Waals surface area contributed by atoms with Crippen molar-refractivity contribution in [3.63, 3.8) is 0 Å². The number of carbonyl (C=O) groups is 3. The fourth-order valence-corrected chi connectivity index (χ4v) is 3.77. The number of piperidine rings is 1. The average Bonchev–Trinajstić information content (AvgIpc) is 2.61. The predicted molar refractivity (Wildman–Crippen MR) is 117 cm³/mol. The first-order chi connectivity index (χ1) is 13.3. The van der Waals surface area contributed by atoms with Gasteiger partial charge < -0.3 is 10.2 Å². The van der Waals surface area contributed by atoms with Gasteiger partial charge >= 0.3 is 0 Å². The second kappa shape index (κ2) is 10.4. The molecule has 0 bridgehead atoms. The van der Waals surface area contributed by atoms with E-state index in [2.05, 4.69) is 10.2 Å². The molecule has 166 valence electrons. The molecule has 1 N–H and O–H groups in total. The number of nitrogens with one attached hydrogen (secondary N) is 1. The van der Waals surface area contributed by atoms with Crippen LogP contribution in [0.4, 0.5) is 0 Å². The maximum Gasteiger partial charge on any atom is 0.245 e. The van der Waals surface area contributed by atoms with Crippen molar-refractivity contribution in [3.05, 3.63) is 11.6 Å². The van der Waals surface area contributed by atoms with Crippen molar-refractivity contribution >= 4 is 17.6 Å². The third-order valence-corrected chi connectivity index (χ3v) is 5.93. The van der Waals surface area contributed by atoms with Crippen LogP contribution in [0.15, 0.2) is 11.6 Å². The average molecular weight is 408 g/mol. The molecule has 3 atom stereocenters. The van der Waals surface area contributed by atoms with Gasteiger partial charge in [-0.1, -0.05) is 47.1 Å². The van der Waals surface area contributed by atoms with Gasteiger partial charge in [0.15, 0.2) is 5.78 Å². The Morgan fingerprint density at radius 2 is 1.72 bits per heavy atom. The zero-order chi connectivity index (χ0) is 22.5. The molecule has 0 aromatic rings. The van der Waals surface area contributed by atoms with E-state index in [0.29, 0.717) is 5.57 Å². The van der Waals surface area contributed by atoms with Gasteiger partial charge in [-0.05, 0) is 57.2 Å². The molecule has 1 saturated heterocycles. The molecule has 0 saturated carbocycles. The predicted octanol–water partition coefficient (Wildman–Crippen LogP) is 3.02. The standard InChI is InChI=1S/C23H41N3O3/c1-15(2)19(14-16(3)17(4)27)26(9)22(29)20(23(5,6)7)24-21(28)18-12-10-11-13-25(18)8/h14-15,18-20H,10-13H2,1-9H3,(H,24,28)/b16-14+/t18?,19-,20-/m1/s1. The minimum absolute atomic E-state index is 0.00231. The van der Waals surface area contributed by atoms with E-state index in [1.807, 2.05) is 47.7 Å². The number of allylic oxidation sites excluding steroid dienone is 1. The third kappa shape index (κ3) is 6.95. The molecule has 2 amide bonds. The second-order valence-corrected chi connectivity index (χ2v) is 9.89. The van der Waals surface area contributed by atoms with Crippen LogP contribution in [0.5, 0.6) is 0 Å². The fraction of sp³-hybridized carbons (Fsp3) is 0.783. The van der Waals surface area contributed by atoms with Gasteiger partial charge in [0.2, 0.25) is 11.8 Å². The van der Waals surface area contributed by atoms with Crippen LogP contribution < -0.4 is 5.32 Å². The number of nitrogens with zero attached hydrogens (tertiary/aromatic N) is 2. The van der Waals surface area contributed by atoms with E-state index in [4.69, 9.17) is 0 Å². The molecular weight excluding hydrogens is 366 g/mol. The fourth-order valence-electron chi connectivity index (χ4n) is 3.77. The highest BCUT2D eigenvalue weighted by molar-refractivity contribution is 5.93. The normalized spacial score (nSPS) is 20.9. The summed E-state index contributed by atoms with van der Waals surface area (Å²) in [6.07, 6.45) is 4.81. The van der Waals surface area contributed by atoms with Crippen LogP contribution >= 0.6 is 0 Å². The van der Waals surface area contributed by atoms with E-state index < -0.39 is 11.5 Å². The Bertz CT molecular complexity index is 634. The first-order valence-electron chi connectivity index (χ1n) is 10.7. The van der Waals surface area contributed by atoms with Gasteiger partial charge in [0.25, 0.3) is 0 Å². The zero-order valence-electron chi connectivity index (χ0n) is 19.8. The van der Waals surface area contributed by atoms with Gasteiger partial charge in [-0.3, -0.25) is 19.3 Å².